The quantitative estimate of drug-likeness (QED) is 0.577. The van der Waals surface area contributed by atoms with Crippen LogP contribution >= 0.6 is 0 Å². The van der Waals surface area contributed by atoms with Crippen LogP contribution in [0.1, 0.15) is 35.6 Å². The van der Waals surface area contributed by atoms with E-state index >= 15 is 0 Å². The first kappa shape index (κ1) is 23.6. The molecule has 0 fully saturated rings. The number of carbonyl (C=O) groups excluding carboxylic acids is 1. The van der Waals surface area contributed by atoms with E-state index in [1.54, 1.807) is 27.7 Å². The van der Waals surface area contributed by atoms with Crippen molar-refractivity contribution in [3.8, 4) is 5.75 Å². The van der Waals surface area contributed by atoms with Crippen molar-refractivity contribution in [1.82, 2.24) is 14.3 Å². The number of aromatic nitrogens is 2. The molecule has 1 heterocycles. The van der Waals surface area contributed by atoms with E-state index in [9.17, 15) is 17.6 Å². The van der Waals surface area contributed by atoms with Crippen molar-refractivity contribution in [2.24, 2.45) is 0 Å². The predicted molar refractivity (Wildman–Crippen MR) is 120 cm³/mol. The highest BCUT2D eigenvalue weighted by atomic mass is 32.2. The first-order valence-electron chi connectivity index (χ1n) is 10.1. The first-order chi connectivity index (χ1) is 15.1. The number of anilines is 1. The number of nitrogens with one attached hydrogen (secondary N) is 1. The van der Waals surface area contributed by atoms with Gasteiger partial charge in [0.15, 0.2) is 0 Å². The molecule has 0 atom stereocenters. The molecule has 0 saturated carbocycles. The van der Waals surface area contributed by atoms with Crippen LogP contribution in [0, 0.1) is 19.7 Å². The van der Waals surface area contributed by atoms with E-state index in [0.717, 1.165) is 6.07 Å². The summed E-state index contributed by atoms with van der Waals surface area (Å²) in [5, 5.41) is 2.64. The molecule has 2 aromatic carbocycles. The molecule has 0 spiro atoms. The highest BCUT2D eigenvalue weighted by molar-refractivity contribution is 7.89. The van der Waals surface area contributed by atoms with E-state index in [2.05, 4.69) is 15.3 Å². The van der Waals surface area contributed by atoms with Gasteiger partial charge in [-0.3, -0.25) is 4.79 Å². The molecule has 0 aliphatic heterocycles. The SMILES string of the molecule is CCN(CC)S(=O)(=O)c1ccc(OC)c(NC(=O)c2cc(F)cc3nc(C)c(C)nc23)c1. The molecule has 0 saturated heterocycles. The molecule has 0 aliphatic carbocycles. The van der Waals surface area contributed by atoms with E-state index in [1.165, 1.54) is 35.7 Å². The second-order valence-electron chi connectivity index (χ2n) is 7.12. The van der Waals surface area contributed by atoms with Gasteiger partial charge in [0.2, 0.25) is 10.0 Å². The van der Waals surface area contributed by atoms with Gasteiger partial charge < -0.3 is 10.1 Å². The zero-order chi connectivity index (χ0) is 23.6. The number of hydrogen-bond acceptors (Lipinski definition) is 6. The molecule has 1 amide bonds. The third-order valence-corrected chi connectivity index (χ3v) is 7.20. The minimum atomic E-state index is -3.76. The summed E-state index contributed by atoms with van der Waals surface area (Å²) < 4.78 is 46.6. The fraction of sp³-hybridized carbons (Fsp3) is 0.318. The number of nitrogens with zero attached hydrogens (tertiary/aromatic N) is 3. The Morgan fingerprint density at radius 3 is 2.38 bits per heavy atom. The van der Waals surface area contributed by atoms with Crippen molar-refractivity contribution in [1.29, 1.82) is 0 Å². The Bertz CT molecular complexity index is 1290. The number of ether oxygens (including phenoxy) is 1. The number of fused-ring (bicyclic) bond motifs is 1. The molecule has 32 heavy (non-hydrogen) atoms. The lowest BCUT2D eigenvalue weighted by Crippen LogP contribution is -2.30. The third-order valence-electron chi connectivity index (χ3n) is 5.15. The smallest absolute Gasteiger partial charge is 0.258 e. The number of halogens is 1. The molecule has 3 aromatic rings. The van der Waals surface area contributed by atoms with Crippen LogP contribution in [0.3, 0.4) is 0 Å². The molecule has 0 bridgehead atoms. The molecular formula is C22H25FN4O4S. The molecular weight excluding hydrogens is 435 g/mol. The maximum Gasteiger partial charge on any atom is 0.258 e. The van der Waals surface area contributed by atoms with Crippen LogP contribution in [0.15, 0.2) is 35.2 Å². The zero-order valence-electron chi connectivity index (χ0n) is 18.6. The monoisotopic (exact) mass is 460 g/mol. The Morgan fingerprint density at radius 1 is 1.09 bits per heavy atom. The van der Waals surface area contributed by atoms with Gasteiger partial charge in [0, 0.05) is 19.2 Å². The summed E-state index contributed by atoms with van der Waals surface area (Å²) in [6, 6.07) is 6.49. The third kappa shape index (κ3) is 4.42. The van der Waals surface area contributed by atoms with Gasteiger partial charge in [-0.2, -0.15) is 4.31 Å². The van der Waals surface area contributed by atoms with Crippen LogP contribution in [0.2, 0.25) is 0 Å². The number of carbonyl (C=O) groups is 1. The summed E-state index contributed by atoms with van der Waals surface area (Å²) >= 11 is 0. The molecule has 3 rings (SSSR count). The number of hydrogen-bond donors (Lipinski definition) is 1. The minimum absolute atomic E-state index is 0.00709. The van der Waals surface area contributed by atoms with Crippen molar-refractivity contribution in [3.63, 3.8) is 0 Å². The van der Waals surface area contributed by atoms with Crippen molar-refractivity contribution < 1.29 is 22.3 Å². The lowest BCUT2D eigenvalue weighted by Gasteiger charge is -2.19. The second kappa shape index (κ2) is 9.17. The van der Waals surface area contributed by atoms with Gasteiger partial charge in [0.25, 0.3) is 5.91 Å². The van der Waals surface area contributed by atoms with Gasteiger partial charge in [-0.25, -0.2) is 22.8 Å². The summed E-state index contributed by atoms with van der Waals surface area (Å²) in [6.07, 6.45) is 0. The number of rotatable bonds is 7. The standard InChI is InChI=1S/C22H25FN4O4S/c1-6-27(7-2)32(29,30)16-8-9-20(31-5)18(12-16)26-22(28)17-10-15(23)11-19-21(17)25-14(4)13(3)24-19/h8-12H,6-7H2,1-5H3,(H,26,28). The van der Waals surface area contributed by atoms with Crippen molar-refractivity contribution in [2.75, 3.05) is 25.5 Å². The Kier molecular flexibility index (Phi) is 6.75. The zero-order valence-corrected chi connectivity index (χ0v) is 19.4. The van der Waals surface area contributed by atoms with Gasteiger partial charge in [-0.1, -0.05) is 13.8 Å². The Labute approximate surface area is 186 Å². The van der Waals surface area contributed by atoms with E-state index in [1.807, 2.05) is 0 Å². The molecule has 1 aromatic heterocycles. The fourth-order valence-electron chi connectivity index (χ4n) is 3.32. The number of aryl methyl sites for hydroxylation is 2. The summed E-state index contributed by atoms with van der Waals surface area (Å²) in [7, 11) is -2.36. The molecule has 8 nitrogen and oxygen atoms in total. The largest absolute Gasteiger partial charge is 0.495 e. The Hall–Kier alpha value is -3.11. The second-order valence-corrected chi connectivity index (χ2v) is 9.06. The van der Waals surface area contributed by atoms with Crippen LogP contribution < -0.4 is 10.1 Å². The lowest BCUT2D eigenvalue weighted by atomic mass is 10.1. The van der Waals surface area contributed by atoms with Crippen molar-refractivity contribution in [3.05, 3.63) is 53.1 Å². The first-order valence-corrected chi connectivity index (χ1v) is 11.5. The molecule has 0 aliphatic rings. The van der Waals surface area contributed by atoms with Crippen molar-refractivity contribution >= 4 is 32.7 Å². The van der Waals surface area contributed by atoms with Gasteiger partial charge in [0.1, 0.15) is 17.1 Å². The molecule has 10 heteroatoms. The van der Waals surface area contributed by atoms with Gasteiger partial charge in [-0.15, -0.1) is 0 Å². The highest BCUT2D eigenvalue weighted by Crippen LogP contribution is 2.30. The van der Waals surface area contributed by atoms with Crippen LogP contribution in [-0.4, -0.2) is 48.8 Å². The fourth-order valence-corrected chi connectivity index (χ4v) is 4.80. The molecule has 0 radical (unpaired) electrons. The predicted octanol–water partition coefficient (Wildman–Crippen LogP) is 3.68. The number of sulfonamides is 1. The van der Waals surface area contributed by atoms with Crippen LogP contribution in [0.4, 0.5) is 10.1 Å². The minimum Gasteiger partial charge on any atom is -0.495 e. The molecule has 1 N–H and O–H groups in total. The lowest BCUT2D eigenvalue weighted by molar-refractivity contribution is 0.102. The van der Waals surface area contributed by atoms with Crippen LogP contribution in [0.25, 0.3) is 11.0 Å². The normalized spacial score (nSPS) is 11.7. The summed E-state index contributed by atoms with van der Waals surface area (Å²) in [6.45, 7) is 7.59. The average Bonchev–Trinajstić information content (AvgIpc) is 2.75. The van der Waals surface area contributed by atoms with Crippen LogP contribution in [-0.2, 0) is 10.0 Å². The Morgan fingerprint density at radius 2 is 1.75 bits per heavy atom. The van der Waals surface area contributed by atoms with E-state index in [-0.39, 0.29) is 32.9 Å². The average molecular weight is 461 g/mol. The van der Waals surface area contributed by atoms with Crippen molar-refractivity contribution in [2.45, 2.75) is 32.6 Å². The summed E-state index contributed by atoms with van der Waals surface area (Å²) in [5.41, 5.74) is 1.86. The number of methoxy groups -OCH3 is 1. The molecule has 170 valence electrons. The number of benzene rings is 2. The van der Waals surface area contributed by atoms with Gasteiger partial charge >= 0.3 is 0 Å². The van der Waals surface area contributed by atoms with E-state index in [0.29, 0.717) is 24.5 Å². The summed E-state index contributed by atoms with van der Waals surface area (Å²) in [4.78, 5) is 21.8. The highest BCUT2D eigenvalue weighted by Gasteiger charge is 2.24. The summed E-state index contributed by atoms with van der Waals surface area (Å²) in [5.74, 6) is -1.04. The van der Waals surface area contributed by atoms with Gasteiger partial charge in [0.05, 0.1) is 40.2 Å². The van der Waals surface area contributed by atoms with Crippen LogP contribution in [0.5, 0.6) is 5.75 Å². The number of amides is 1. The van der Waals surface area contributed by atoms with E-state index < -0.39 is 21.7 Å². The maximum absolute atomic E-state index is 14.2. The molecule has 0 unspecified atom stereocenters. The topological polar surface area (TPSA) is 101 Å². The Balaban J connectivity index is 2.07. The maximum atomic E-state index is 14.2. The van der Waals surface area contributed by atoms with Gasteiger partial charge in [-0.05, 0) is 38.1 Å². The van der Waals surface area contributed by atoms with E-state index in [4.69, 9.17) is 4.74 Å².